The van der Waals surface area contributed by atoms with E-state index in [0.717, 1.165) is 12.2 Å². The first-order chi connectivity index (χ1) is 9.83. The van der Waals surface area contributed by atoms with Gasteiger partial charge in [-0.1, -0.05) is 44.2 Å². The summed E-state index contributed by atoms with van der Waals surface area (Å²) in [6.07, 6.45) is 0. The van der Waals surface area contributed by atoms with Crippen LogP contribution in [0.2, 0.25) is 0 Å². The number of benzene rings is 1. The number of hydrogen-bond donors (Lipinski definition) is 1. The normalized spacial score (nSPS) is 13.4. The van der Waals surface area contributed by atoms with Crippen LogP contribution in [-0.2, 0) is 12.5 Å². The van der Waals surface area contributed by atoms with Crippen molar-refractivity contribution in [3.05, 3.63) is 52.8 Å². The van der Waals surface area contributed by atoms with Crippen molar-refractivity contribution < 1.29 is 0 Å². The molecule has 114 valence electrons. The standard InChI is InChI=1S/C18H27N3/c1-13(17-14(2)20-21(6)15(17)3)19-12-18(4,5)16-10-8-7-9-11-16/h7-11,13,19H,12H2,1-6H3. The summed E-state index contributed by atoms with van der Waals surface area (Å²) < 4.78 is 1.96. The monoisotopic (exact) mass is 285 g/mol. The summed E-state index contributed by atoms with van der Waals surface area (Å²) in [6, 6.07) is 11.0. The highest BCUT2D eigenvalue weighted by molar-refractivity contribution is 5.28. The number of nitrogens with zero attached hydrogens (tertiary/aromatic N) is 2. The Morgan fingerprint density at radius 3 is 2.33 bits per heavy atom. The molecule has 0 aliphatic rings. The average molecular weight is 285 g/mol. The van der Waals surface area contributed by atoms with Gasteiger partial charge in [0, 0.05) is 36.3 Å². The minimum atomic E-state index is 0.111. The van der Waals surface area contributed by atoms with Crippen LogP contribution in [0.1, 0.15) is 49.3 Å². The summed E-state index contributed by atoms with van der Waals surface area (Å²) >= 11 is 0. The molecule has 1 aromatic heterocycles. The highest BCUT2D eigenvalue weighted by atomic mass is 15.3. The fraction of sp³-hybridized carbons (Fsp3) is 0.500. The van der Waals surface area contributed by atoms with E-state index in [9.17, 15) is 0 Å². The summed E-state index contributed by atoms with van der Waals surface area (Å²) in [7, 11) is 2.01. The molecule has 0 saturated heterocycles. The second-order valence-corrected chi connectivity index (χ2v) is 6.56. The van der Waals surface area contributed by atoms with Crippen molar-refractivity contribution >= 4 is 0 Å². The molecular formula is C18H27N3. The minimum absolute atomic E-state index is 0.111. The van der Waals surface area contributed by atoms with Crippen LogP contribution in [-0.4, -0.2) is 16.3 Å². The third-order valence-electron chi connectivity index (χ3n) is 4.40. The van der Waals surface area contributed by atoms with Crippen molar-refractivity contribution in [2.24, 2.45) is 7.05 Å². The number of aromatic nitrogens is 2. The topological polar surface area (TPSA) is 29.9 Å². The summed E-state index contributed by atoms with van der Waals surface area (Å²) in [4.78, 5) is 0. The van der Waals surface area contributed by atoms with Gasteiger partial charge in [-0.25, -0.2) is 0 Å². The maximum absolute atomic E-state index is 4.51. The Morgan fingerprint density at radius 1 is 1.19 bits per heavy atom. The molecule has 0 radical (unpaired) electrons. The zero-order chi connectivity index (χ0) is 15.6. The lowest BCUT2D eigenvalue weighted by Gasteiger charge is -2.28. The van der Waals surface area contributed by atoms with Crippen molar-refractivity contribution in [2.75, 3.05) is 6.54 Å². The fourth-order valence-electron chi connectivity index (χ4n) is 2.92. The number of hydrogen-bond acceptors (Lipinski definition) is 2. The molecule has 21 heavy (non-hydrogen) atoms. The van der Waals surface area contributed by atoms with Gasteiger partial charge in [-0.3, -0.25) is 4.68 Å². The van der Waals surface area contributed by atoms with Crippen molar-refractivity contribution in [3.63, 3.8) is 0 Å². The lowest BCUT2D eigenvalue weighted by Crippen LogP contribution is -2.34. The molecule has 0 spiro atoms. The lowest BCUT2D eigenvalue weighted by molar-refractivity contribution is 0.434. The van der Waals surface area contributed by atoms with E-state index < -0.39 is 0 Å². The molecule has 3 nitrogen and oxygen atoms in total. The van der Waals surface area contributed by atoms with Gasteiger partial charge in [0.05, 0.1) is 5.69 Å². The molecule has 0 amide bonds. The van der Waals surface area contributed by atoms with E-state index >= 15 is 0 Å². The van der Waals surface area contributed by atoms with E-state index in [1.54, 1.807) is 0 Å². The molecule has 2 rings (SSSR count). The van der Waals surface area contributed by atoms with Gasteiger partial charge in [-0.05, 0) is 26.3 Å². The van der Waals surface area contributed by atoms with Crippen molar-refractivity contribution in [1.29, 1.82) is 0 Å². The Kier molecular flexibility index (Phi) is 4.52. The SMILES string of the molecule is Cc1nn(C)c(C)c1C(C)NCC(C)(C)c1ccccc1. The Labute approximate surface area is 128 Å². The summed E-state index contributed by atoms with van der Waals surface area (Å²) in [5, 5.41) is 8.19. The molecule has 1 N–H and O–H groups in total. The molecule has 0 aliphatic heterocycles. The Hall–Kier alpha value is -1.61. The number of rotatable bonds is 5. The zero-order valence-corrected chi connectivity index (χ0v) is 14.1. The molecule has 2 aromatic rings. The zero-order valence-electron chi connectivity index (χ0n) is 14.1. The highest BCUT2D eigenvalue weighted by Gasteiger charge is 2.23. The maximum Gasteiger partial charge on any atom is 0.0644 e. The summed E-state index contributed by atoms with van der Waals surface area (Å²) in [6.45, 7) is 11.9. The van der Waals surface area contributed by atoms with Crippen LogP contribution in [0.4, 0.5) is 0 Å². The Balaban J connectivity index is 2.09. The van der Waals surface area contributed by atoms with Gasteiger partial charge in [0.2, 0.25) is 0 Å². The van der Waals surface area contributed by atoms with Gasteiger partial charge in [0.25, 0.3) is 0 Å². The van der Waals surface area contributed by atoms with Crippen molar-refractivity contribution in [3.8, 4) is 0 Å². The van der Waals surface area contributed by atoms with Gasteiger partial charge >= 0.3 is 0 Å². The molecule has 1 heterocycles. The summed E-state index contributed by atoms with van der Waals surface area (Å²) in [5.74, 6) is 0. The van der Waals surface area contributed by atoms with Crippen molar-refractivity contribution in [2.45, 2.75) is 46.1 Å². The van der Waals surface area contributed by atoms with Gasteiger partial charge in [0.1, 0.15) is 0 Å². The van der Waals surface area contributed by atoms with E-state index in [2.05, 4.69) is 75.4 Å². The predicted octanol–water partition coefficient (Wildman–Crippen LogP) is 3.67. The van der Waals surface area contributed by atoms with E-state index in [1.807, 2.05) is 11.7 Å². The first kappa shape index (κ1) is 15.8. The van der Waals surface area contributed by atoms with Crippen LogP contribution in [0.25, 0.3) is 0 Å². The first-order valence-corrected chi connectivity index (χ1v) is 7.62. The third-order valence-corrected chi connectivity index (χ3v) is 4.40. The van der Waals surface area contributed by atoms with E-state index in [4.69, 9.17) is 0 Å². The number of nitrogens with one attached hydrogen (secondary N) is 1. The van der Waals surface area contributed by atoms with Crippen LogP contribution in [0, 0.1) is 13.8 Å². The van der Waals surface area contributed by atoms with Gasteiger partial charge in [-0.15, -0.1) is 0 Å². The van der Waals surface area contributed by atoms with Gasteiger partial charge in [0.15, 0.2) is 0 Å². The largest absolute Gasteiger partial charge is 0.309 e. The molecular weight excluding hydrogens is 258 g/mol. The van der Waals surface area contributed by atoms with E-state index in [1.165, 1.54) is 16.8 Å². The first-order valence-electron chi connectivity index (χ1n) is 7.62. The second-order valence-electron chi connectivity index (χ2n) is 6.56. The van der Waals surface area contributed by atoms with E-state index in [-0.39, 0.29) is 5.41 Å². The molecule has 1 atom stereocenters. The molecule has 0 bridgehead atoms. The smallest absolute Gasteiger partial charge is 0.0644 e. The molecule has 3 heteroatoms. The maximum atomic E-state index is 4.51. The highest BCUT2D eigenvalue weighted by Crippen LogP contribution is 2.25. The third kappa shape index (κ3) is 3.35. The Bertz CT molecular complexity index is 596. The van der Waals surface area contributed by atoms with Crippen molar-refractivity contribution in [1.82, 2.24) is 15.1 Å². The lowest BCUT2D eigenvalue weighted by atomic mass is 9.84. The summed E-state index contributed by atoms with van der Waals surface area (Å²) in [5.41, 5.74) is 5.16. The quantitative estimate of drug-likeness (QED) is 0.908. The average Bonchev–Trinajstić information content (AvgIpc) is 2.71. The second kappa shape index (κ2) is 6.02. The van der Waals surface area contributed by atoms with Crippen LogP contribution < -0.4 is 5.32 Å². The molecule has 0 saturated carbocycles. The Morgan fingerprint density at radius 2 is 1.81 bits per heavy atom. The van der Waals surface area contributed by atoms with Gasteiger partial charge < -0.3 is 5.32 Å². The minimum Gasteiger partial charge on any atom is -0.309 e. The molecule has 1 unspecified atom stereocenters. The molecule has 0 aliphatic carbocycles. The number of aryl methyl sites for hydroxylation is 2. The molecule has 0 fully saturated rings. The predicted molar refractivity (Wildman–Crippen MR) is 88.6 cm³/mol. The van der Waals surface area contributed by atoms with Crippen LogP contribution in [0.3, 0.4) is 0 Å². The van der Waals surface area contributed by atoms with E-state index in [0.29, 0.717) is 6.04 Å². The van der Waals surface area contributed by atoms with Crippen LogP contribution >= 0.6 is 0 Å². The van der Waals surface area contributed by atoms with Crippen LogP contribution in [0.5, 0.6) is 0 Å². The van der Waals surface area contributed by atoms with Crippen LogP contribution in [0.15, 0.2) is 30.3 Å². The van der Waals surface area contributed by atoms with Gasteiger partial charge in [-0.2, -0.15) is 5.10 Å². The molecule has 1 aromatic carbocycles. The fourth-order valence-corrected chi connectivity index (χ4v) is 2.92.